The number of aromatic amines is 1. The molecule has 0 bridgehead atoms. The number of anilines is 1. The van der Waals surface area contributed by atoms with E-state index in [2.05, 4.69) is 83.4 Å². The standard InChI is InChI=1S/C22H24N4S/c1-14(2)16-8-10-17(11-9-16)26-21(19-12-7-15(3)24-19)20(25-22(26)27)18-6-4-5-13-23-18/h4-14,20-21,24H,1-3H3,(H,25,27)/t20-,21+/m1/s1. The maximum absolute atomic E-state index is 5.74. The number of H-pyrrole nitrogens is 1. The first-order valence-electron chi connectivity index (χ1n) is 9.30. The van der Waals surface area contributed by atoms with Gasteiger partial charge in [0.1, 0.15) is 6.04 Å². The van der Waals surface area contributed by atoms with E-state index in [1.54, 1.807) is 0 Å². The van der Waals surface area contributed by atoms with Gasteiger partial charge in [0, 0.05) is 23.3 Å². The first-order valence-corrected chi connectivity index (χ1v) is 9.71. The van der Waals surface area contributed by atoms with Crippen LogP contribution in [-0.2, 0) is 0 Å². The molecule has 27 heavy (non-hydrogen) atoms. The average molecular weight is 377 g/mol. The fourth-order valence-electron chi connectivity index (χ4n) is 3.67. The summed E-state index contributed by atoms with van der Waals surface area (Å²) in [4.78, 5) is 10.3. The lowest BCUT2D eigenvalue weighted by Crippen LogP contribution is -2.29. The van der Waals surface area contributed by atoms with Crippen molar-refractivity contribution in [3.63, 3.8) is 0 Å². The molecule has 4 nitrogen and oxygen atoms in total. The number of nitrogens with one attached hydrogen (secondary N) is 2. The smallest absolute Gasteiger partial charge is 0.174 e. The van der Waals surface area contributed by atoms with Crippen LogP contribution >= 0.6 is 12.2 Å². The zero-order chi connectivity index (χ0) is 19.0. The summed E-state index contributed by atoms with van der Waals surface area (Å²) in [6.07, 6.45) is 1.83. The fourth-order valence-corrected chi connectivity index (χ4v) is 4.01. The highest BCUT2D eigenvalue weighted by molar-refractivity contribution is 7.80. The SMILES string of the molecule is Cc1ccc([C@H]2[C@@H](c3ccccn3)NC(=S)N2c2ccc(C(C)C)cc2)[nH]1. The van der Waals surface area contributed by atoms with Gasteiger partial charge in [0.05, 0.1) is 11.7 Å². The maximum Gasteiger partial charge on any atom is 0.174 e. The summed E-state index contributed by atoms with van der Waals surface area (Å²) < 4.78 is 0. The third kappa shape index (κ3) is 3.35. The van der Waals surface area contributed by atoms with Gasteiger partial charge in [0.15, 0.2) is 5.11 Å². The van der Waals surface area contributed by atoms with Crippen molar-refractivity contribution in [2.75, 3.05) is 4.90 Å². The topological polar surface area (TPSA) is 44.0 Å². The predicted molar refractivity (Wildman–Crippen MR) is 114 cm³/mol. The Balaban J connectivity index is 1.78. The molecule has 0 unspecified atom stereocenters. The van der Waals surface area contributed by atoms with Crippen LogP contribution in [0.25, 0.3) is 0 Å². The van der Waals surface area contributed by atoms with Crippen LogP contribution in [0.2, 0.25) is 0 Å². The zero-order valence-electron chi connectivity index (χ0n) is 15.8. The number of thiocarbonyl (C=S) groups is 1. The van der Waals surface area contributed by atoms with Crippen LogP contribution < -0.4 is 10.2 Å². The minimum atomic E-state index is -0.0125. The molecule has 138 valence electrons. The number of rotatable bonds is 4. The summed E-state index contributed by atoms with van der Waals surface area (Å²) in [6.45, 7) is 6.49. The molecule has 5 heteroatoms. The van der Waals surface area contributed by atoms with E-state index >= 15 is 0 Å². The number of benzene rings is 1. The number of aromatic nitrogens is 2. The minimum Gasteiger partial charge on any atom is -0.361 e. The van der Waals surface area contributed by atoms with E-state index in [-0.39, 0.29) is 12.1 Å². The van der Waals surface area contributed by atoms with Crippen LogP contribution in [-0.4, -0.2) is 15.1 Å². The summed E-state index contributed by atoms with van der Waals surface area (Å²) in [5.74, 6) is 0.505. The van der Waals surface area contributed by atoms with Gasteiger partial charge >= 0.3 is 0 Å². The van der Waals surface area contributed by atoms with Gasteiger partial charge < -0.3 is 15.2 Å². The van der Waals surface area contributed by atoms with Crippen molar-refractivity contribution in [2.24, 2.45) is 0 Å². The predicted octanol–water partition coefficient (Wildman–Crippen LogP) is 5.02. The quantitative estimate of drug-likeness (QED) is 0.628. The van der Waals surface area contributed by atoms with Gasteiger partial charge in [0.25, 0.3) is 0 Å². The van der Waals surface area contributed by atoms with Gasteiger partial charge in [0.2, 0.25) is 0 Å². The molecule has 1 aliphatic heterocycles. The summed E-state index contributed by atoms with van der Waals surface area (Å²) in [5.41, 5.74) is 5.66. The molecule has 2 aromatic heterocycles. The van der Waals surface area contributed by atoms with Gasteiger partial charge in [-0.2, -0.15) is 0 Å². The Labute approximate surface area is 165 Å². The van der Waals surface area contributed by atoms with Crippen molar-refractivity contribution < 1.29 is 0 Å². The lowest BCUT2D eigenvalue weighted by molar-refractivity contribution is 0.558. The largest absolute Gasteiger partial charge is 0.361 e. The third-order valence-electron chi connectivity index (χ3n) is 5.11. The van der Waals surface area contributed by atoms with Crippen molar-refractivity contribution in [1.82, 2.24) is 15.3 Å². The maximum atomic E-state index is 5.74. The Kier molecular flexibility index (Phi) is 4.70. The second-order valence-electron chi connectivity index (χ2n) is 7.34. The van der Waals surface area contributed by atoms with Gasteiger partial charge in [-0.3, -0.25) is 4.98 Å². The molecule has 1 aliphatic rings. The minimum absolute atomic E-state index is 0.0125. The zero-order valence-corrected chi connectivity index (χ0v) is 16.6. The van der Waals surface area contributed by atoms with E-state index in [1.807, 2.05) is 18.3 Å². The third-order valence-corrected chi connectivity index (χ3v) is 5.42. The lowest BCUT2D eigenvalue weighted by Gasteiger charge is -2.27. The highest BCUT2D eigenvalue weighted by Gasteiger charge is 2.41. The summed E-state index contributed by atoms with van der Waals surface area (Å²) in [7, 11) is 0. The number of hydrogen-bond donors (Lipinski definition) is 2. The summed E-state index contributed by atoms with van der Waals surface area (Å²) in [5, 5.41) is 4.21. The first-order chi connectivity index (χ1) is 13.0. The Bertz CT molecular complexity index is 930. The molecule has 0 spiro atoms. The highest BCUT2D eigenvalue weighted by atomic mass is 32.1. The molecule has 0 saturated carbocycles. The van der Waals surface area contributed by atoms with Crippen molar-refractivity contribution in [1.29, 1.82) is 0 Å². The van der Waals surface area contributed by atoms with E-state index in [9.17, 15) is 0 Å². The Morgan fingerprint density at radius 1 is 1.04 bits per heavy atom. The van der Waals surface area contributed by atoms with Crippen molar-refractivity contribution in [3.8, 4) is 0 Å². The molecule has 0 amide bonds. The Hall–Kier alpha value is -2.66. The molecular weight excluding hydrogens is 352 g/mol. The first kappa shape index (κ1) is 17.7. The number of hydrogen-bond acceptors (Lipinski definition) is 2. The molecule has 2 N–H and O–H groups in total. The van der Waals surface area contributed by atoms with Gasteiger partial charge in [-0.15, -0.1) is 0 Å². The number of pyridine rings is 1. The number of nitrogens with zero attached hydrogens (tertiary/aromatic N) is 2. The molecule has 3 heterocycles. The molecule has 4 rings (SSSR count). The van der Waals surface area contributed by atoms with Crippen LogP contribution in [0.1, 0.15) is 54.5 Å². The van der Waals surface area contributed by atoms with Gasteiger partial charge in [-0.25, -0.2) is 0 Å². The lowest BCUT2D eigenvalue weighted by atomic mass is 10.00. The summed E-state index contributed by atoms with van der Waals surface area (Å²) in [6, 6.07) is 19.0. The molecule has 1 fully saturated rings. The fraction of sp³-hybridized carbons (Fsp3) is 0.273. The Morgan fingerprint density at radius 2 is 1.81 bits per heavy atom. The molecule has 3 aromatic rings. The molecule has 1 saturated heterocycles. The van der Waals surface area contributed by atoms with E-state index in [0.717, 1.165) is 27.9 Å². The summed E-state index contributed by atoms with van der Waals surface area (Å²) >= 11 is 5.74. The van der Waals surface area contributed by atoms with Gasteiger partial charge in [-0.05, 0) is 67.0 Å². The second kappa shape index (κ2) is 7.16. The van der Waals surface area contributed by atoms with Crippen LogP contribution in [0.4, 0.5) is 5.69 Å². The molecule has 2 atom stereocenters. The van der Waals surface area contributed by atoms with Crippen LogP contribution in [0.5, 0.6) is 0 Å². The van der Waals surface area contributed by atoms with Crippen LogP contribution in [0, 0.1) is 6.92 Å². The van der Waals surface area contributed by atoms with E-state index in [1.165, 1.54) is 5.56 Å². The van der Waals surface area contributed by atoms with Crippen molar-refractivity contribution >= 4 is 23.0 Å². The highest BCUT2D eigenvalue weighted by Crippen LogP contribution is 2.41. The average Bonchev–Trinajstić information content (AvgIpc) is 3.25. The molecular formula is C22H24N4S. The van der Waals surface area contributed by atoms with Crippen molar-refractivity contribution in [2.45, 2.75) is 38.8 Å². The normalized spacial score (nSPS) is 19.6. The molecule has 0 aliphatic carbocycles. The monoisotopic (exact) mass is 376 g/mol. The Morgan fingerprint density at radius 3 is 2.41 bits per heavy atom. The second-order valence-corrected chi connectivity index (χ2v) is 7.73. The number of aryl methyl sites for hydroxylation is 1. The van der Waals surface area contributed by atoms with E-state index in [0.29, 0.717) is 5.92 Å². The molecule has 1 aromatic carbocycles. The van der Waals surface area contributed by atoms with Gasteiger partial charge in [-0.1, -0.05) is 32.0 Å². The van der Waals surface area contributed by atoms with Crippen LogP contribution in [0.15, 0.2) is 60.8 Å². The molecule has 0 radical (unpaired) electrons. The van der Waals surface area contributed by atoms with E-state index < -0.39 is 0 Å². The van der Waals surface area contributed by atoms with Crippen LogP contribution in [0.3, 0.4) is 0 Å². The van der Waals surface area contributed by atoms with Crippen molar-refractivity contribution in [3.05, 3.63) is 83.4 Å². The van der Waals surface area contributed by atoms with E-state index in [4.69, 9.17) is 12.2 Å².